The molecule has 1 aliphatic heterocycles. The molecule has 152 valence electrons. The van der Waals surface area contributed by atoms with Crippen molar-refractivity contribution in [2.24, 2.45) is 0 Å². The Morgan fingerprint density at radius 3 is 2.00 bits per heavy atom. The molecule has 1 aliphatic rings. The Bertz CT molecular complexity index is 762. The van der Waals surface area contributed by atoms with Crippen LogP contribution in [0.15, 0.2) is 24.3 Å². The van der Waals surface area contributed by atoms with Gasteiger partial charge in [-0.25, -0.2) is 0 Å². The molecule has 1 aromatic rings. The molecular formula is C19H22O8S. The molecule has 28 heavy (non-hydrogen) atoms. The molecule has 0 N–H and O–H groups in total. The van der Waals surface area contributed by atoms with E-state index in [0.29, 0.717) is 11.3 Å². The largest absolute Gasteiger partial charge is 0.475 e. The summed E-state index contributed by atoms with van der Waals surface area (Å²) in [6.45, 7) is 5.07. The molecule has 4 atom stereocenters. The van der Waals surface area contributed by atoms with E-state index in [0.717, 1.165) is 0 Å². The van der Waals surface area contributed by atoms with Crippen molar-refractivity contribution in [1.29, 1.82) is 0 Å². The lowest BCUT2D eigenvalue weighted by molar-refractivity contribution is -0.186. The van der Waals surface area contributed by atoms with Crippen LogP contribution in [0.25, 0.3) is 0 Å². The number of benzene rings is 1. The van der Waals surface area contributed by atoms with E-state index in [2.05, 4.69) is 0 Å². The monoisotopic (exact) mass is 410 g/mol. The Morgan fingerprint density at radius 1 is 0.857 bits per heavy atom. The van der Waals surface area contributed by atoms with Gasteiger partial charge >= 0.3 is 17.9 Å². The molecule has 0 saturated carbocycles. The predicted molar refractivity (Wildman–Crippen MR) is 100.0 cm³/mol. The van der Waals surface area contributed by atoms with Gasteiger partial charge in [0.05, 0.1) is 5.56 Å². The molecule has 9 heteroatoms. The number of Topliss-reactive ketones (excluding diaryl/α,β-unsaturated/α-hetero) is 1. The van der Waals surface area contributed by atoms with Crippen LogP contribution >= 0.6 is 11.8 Å². The first-order valence-corrected chi connectivity index (χ1v) is 9.63. The maximum atomic E-state index is 11.9. The fourth-order valence-electron chi connectivity index (χ4n) is 2.80. The summed E-state index contributed by atoms with van der Waals surface area (Å²) < 4.78 is 21.9. The van der Waals surface area contributed by atoms with E-state index in [1.165, 1.54) is 39.5 Å². The van der Waals surface area contributed by atoms with Crippen LogP contribution in [-0.2, 0) is 28.6 Å². The highest BCUT2D eigenvalue weighted by Gasteiger charge is 2.47. The van der Waals surface area contributed by atoms with Gasteiger partial charge in [-0.3, -0.25) is 19.2 Å². The van der Waals surface area contributed by atoms with Crippen LogP contribution in [0.4, 0.5) is 0 Å². The van der Waals surface area contributed by atoms with E-state index in [1.54, 1.807) is 24.3 Å². The van der Waals surface area contributed by atoms with E-state index >= 15 is 0 Å². The summed E-state index contributed by atoms with van der Waals surface area (Å²) in [5.41, 5.74) is -0.406. The molecule has 1 fully saturated rings. The molecular weight excluding hydrogens is 388 g/mol. The van der Waals surface area contributed by atoms with Crippen molar-refractivity contribution in [3.63, 3.8) is 0 Å². The van der Waals surface area contributed by atoms with Gasteiger partial charge in [0.2, 0.25) is 0 Å². The normalized spacial score (nSPS) is 24.0. The van der Waals surface area contributed by atoms with E-state index in [4.69, 9.17) is 18.9 Å². The van der Waals surface area contributed by atoms with E-state index in [9.17, 15) is 19.2 Å². The Morgan fingerprint density at radius 2 is 1.43 bits per heavy atom. The summed E-state index contributed by atoms with van der Waals surface area (Å²) in [5.74, 6) is -1.39. The van der Waals surface area contributed by atoms with Crippen LogP contribution in [0.5, 0.6) is 5.75 Å². The third kappa shape index (κ3) is 5.72. The minimum atomic E-state index is -1.04. The van der Waals surface area contributed by atoms with Crippen LogP contribution in [0.1, 0.15) is 38.1 Å². The van der Waals surface area contributed by atoms with E-state index < -0.39 is 41.7 Å². The second kappa shape index (κ2) is 9.59. The van der Waals surface area contributed by atoms with Gasteiger partial charge in [0.15, 0.2) is 29.5 Å². The first-order valence-electron chi connectivity index (χ1n) is 8.59. The number of carbonyl (C=O) groups is 4. The Labute approximate surface area is 166 Å². The lowest BCUT2D eigenvalue weighted by Crippen LogP contribution is -2.55. The van der Waals surface area contributed by atoms with Crippen molar-refractivity contribution in [1.82, 2.24) is 0 Å². The zero-order valence-electron chi connectivity index (χ0n) is 16.0. The molecule has 0 spiro atoms. The van der Waals surface area contributed by atoms with Gasteiger partial charge in [-0.15, -0.1) is 11.8 Å². The minimum Gasteiger partial charge on any atom is -0.475 e. The van der Waals surface area contributed by atoms with Gasteiger partial charge < -0.3 is 18.9 Å². The fourth-order valence-corrected chi connectivity index (χ4v) is 4.00. The maximum Gasteiger partial charge on any atom is 0.303 e. The van der Waals surface area contributed by atoms with Crippen molar-refractivity contribution in [2.45, 2.75) is 51.4 Å². The Hall–Kier alpha value is -2.55. The second-order valence-corrected chi connectivity index (χ2v) is 7.30. The van der Waals surface area contributed by atoms with Gasteiger partial charge in [-0.1, -0.05) is 12.1 Å². The number of carbonyl (C=O) groups excluding carboxylic acids is 4. The lowest BCUT2D eigenvalue weighted by Gasteiger charge is -2.40. The van der Waals surface area contributed by atoms with Crippen molar-refractivity contribution in [3.05, 3.63) is 29.8 Å². The van der Waals surface area contributed by atoms with Crippen LogP contribution in [0, 0.1) is 0 Å². The number of hydrogen-bond donors (Lipinski definition) is 0. The van der Waals surface area contributed by atoms with E-state index in [1.807, 2.05) is 0 Å². The molecule has 1 heterocycles. The first-order chi connectivity index (χ1) is 13.2. The SMILES string of the molecule is CC(=O)O[C@@H]1[C@@H](OC(C)=O)[C@@H](Oc2ccccc2C(C)=O)SC[C@H]1OC(C)=O. The molecule has 0 amide bonds. The Balaban J connectivity index is 2.34. The number of thioether (sulfide) groups is 1. The molecule has 0 unspecified atom stereocenters. The van der Waals surface area contributed by atoms with E-state index in [-0.39, 0.29) is 11.5 Å². The molecule has 0 aromatic heterocycles. The quantitative estimate of drug-likeness (QED) is 0.396. The van der Waals surface area contributed by atoms with Crippen LogP contribution in [-0.4, -0.2) is 53.2 Å². The fraction of sp³-hybridized carbons (Fsp3) is 0.474. The molecule has 1 saturated heterocycles. The molecule has 1 aromatic carbocycles. The number of ether oxygens (including phenoxy) is 4. The third-order valence-corrected chi connectivity index (χ3v) is 5.03. The smallest absolute Gasteiger partial charge is 0.303 e. The Kier molecular flexibility index (Phi) is 7.45. The van der Waals surface area contributed by atoms with Crippen LogP contribution < -0.4 is 4.74 Å². The number of hydrogen-bond acceptors (Lipinski definition) is 9. The first kappa shape index (κ1) is 21.7. The highest BCUT2D eigenvalue weighted by atomic mass is 32.2. The van der Waals surface area contributed by atoms with Gasteiger partial charge in [0.1, 0.15) is 5.75 Å². The molecule has 0 bridgehead atoms. The third-order valence-electron chi connectivity index (χ3n) is 3.81. The maximum absolute atomic E-state index is 11.9. The van der Waals surface area contributed by atoms with Crippen molar-refractivity contribution in [3.8, 4) is 5.75 Å². The number of esters is 3. The summed E-state index contributed by atoms with van der Waals surface area (Å²) in [6, 6.07) is 6.67. The average molecular weight is 410 g/mol. The number of rotatable bonds is 6. The summed E-state index contributed by atoms with van der Waals surface area (Å²) in [4.78, 5) is 46.5. The van der Waals surface area contributed by atoms with Crippen LogP contribution in [0.2, 0.25) is 0 Å². The van der Waals surface area contributed by atoms with Gasteiger partial charge in [0.25, 0.3) is 0 Å². The molecule has 2 rings (SSSR count). The lowest BCUT2D eigenvalue weighted by atomic mass is 10.1. The van der Waals surface area contributed by atoms with Gasteiger partial charge in [0, 0.05) is 26.5 Å². The average Bonchev–Trinajstić information content (AvgIpc) is 2.59. The molecule has 0 aliphatic carbocycles. The van der Waals surface area contributed by atoms with Crippen molar-refractivity contribution < 1.29 is 38.1 Å². The highest BCUT2D eigenvalue weighted by molar-refractivity contribution is 7.99. The van der Waals surface area contributed by atoms with Crippen molar-refractivity contribution >= 4 is 35.5 Å². The highest BCUT2D eigenvalue weighted by Crippen LogP contribution is 2.35. The zero-order chi connectivity index (χ0) is 20.8. The molecule has 8 nitrogen and oxygen atoms in total. The van der Waals surface area contributed by atoms with Gasteiger partial charge in [-0.05, 0) is 19.1 Å². The van der Waals surface area contributed by atoms with Crippen LogP contribution in [0.3, 0.4) is 0 Å². The molecule has 0 radical (unpaired) electrons. The summed E-state index contributed by atoms with van der Waals surface area (Å²) >= 11 is 1.23. The summed E-state index contributed by atoms with van der Waals surface area (Å²) in [7, 11) is 0. The minimum absolute atomic E-state index is 0.185. The van der Waals surface area contributed by atoms with Gasteiger partial charge in [-0.2, -0.15) is 0 Å². The standard InChI is InChI=1S/C19H22O8S/c1-10(20)14-7-5-6-8-15(14)27-19-18(26-13(4)23)17(25-12(3)22)16(9-28-19)24-11(2)21/h5-8,16-19H,9H2,1-4H3/t16-,17+,18-,19+/m1/s1. The number of para-hydroxylation sites is 1. The predicted octanol–water partition coefficient (Wildman–Crippen LogP) is 2.14. The zero-order valence-corrected chi connectivity index (χ0v) is 16.8. The second-order valence-electron chi connectivity index (χ2n) is 6.17. The van der Waals surface area contributed by atoms with Crippen molar-refractivity contribution in [2.75, 3.05) is 5.75 Å². The number of ketones is 1. The summed E-state index contributed by atoms with van der Waals surface area (Å²) in [6.07, 6.45) is -2.88. The topological polar surface area (TPSA) is 105 Å². The summed E-state index contributed by atoms with van der Waals surface area (Å²) in [5, 5.41) is 0.